The quantitative estimate of drug-likeness (QED) is 0.432. The van der Waals surface area contributed by atoms with Gasteiger partial charge in [0, 0.05) is 0 Å². The fourth-order valence-electron chi connectivity index (χ4n) is 1.45. The van der Waals surface area contributed by atoms with E-state index in [4.69, 9.17) is 15.4 Å². The minimum Gasteiger partial charge on any atom is -0.481 e. The maximum absolute atomic E-state index is 11.5. The van der Waals surface area contributed by atoms with E-state index >= 15 is 0 Å². The van der Waals surface area contributed by atoms with Crippen molar-refractivity contribution in [3.63, 3.8) is 0 Å². The summed E-state index contributed by atoms with van der Waals surface area (Å²) in [5.41, 5.74) is 9.00. The van der Waals surface area contributed by atoms with Gasteiger partial charge in [-0.25, -0.2) is 4.79 Å². The highest BCUT2D eigenvalue weighted by Gasteiger charge is 2.25. The average molecular weight is 291 g/mol. The van der Waals surface area contributed by atoms with Gasteiger partial charge >= 0.3 is 18.3 Å². The molecule has 1 aromatic rings. The number of ketones is 1. The van der Waals surface area contributed by atoms with E-state index in [9.17, 15) is 14.4 Å². The minimum atomic E-state index is -1.36. The molecule has 0 aliphatic rings. The lowest BCUT2D eigenvalue weighted by Crippen LogP contribution is -2.43. The fraction of sp³-hybridized carbons (Fsp3) is 0.231. The topological polar surface area (TPSA) is 129 Å². The van der Waals surface area contributed by atoms with Crippen molar-refractivity contribution in [1.82, 2.24) is 5.32 Å². The van der Waals surface area contributed by atoms with Crippen LogP contribution in [0.5, 0.6) is 0 Å². The van der Waals surface area contributed by atoms with Gasteiger partial charge in [-0.1, -0.05) is 30.3 Å². The molecule has 21 heavy (non-hydrogen) atoms. The van der Waals surface area contributed by atoms with Crippen LogP contribution in [0.4, 0.5) is 4.79 Å². The van der Waals surface area contributed by atoms with E-state index in [2.05, 4.69) is 10.1 Å². The lowest BCUT2D eigenvalue weighted by Gasteiger charge is -2.12. The molecule has 8 heteroatoms. The maximum Gasteiger partial charge on any atom is 0.408 e. The minimum absolute atomic E-state index is 0.0191. The molecule has 8 nitrogen and oxygen atoms in total. The number of carbonyl (C=O) groups is 3. The summed E-state index contributed by atoms with van der Waals surface area (Å²) < 4.78 is 4.87. The second kappa shape index (κ2) is 8.23. The summed E-state index contributed by atoms with van der Waals surface area (Å²) in [5, 5.41) is 10.8. The highest BCUT2D eigenvalue weighted by Crippen LogP contribution is 2.01. The monoisotopic (exact) mass is 291 g/mol. The Balaban J connectivity index is 2.57. The van der Waals surface area contributed by atoms with E-state index in [1.165, 1.54) is 0 Å². The second-order valence-corrected chi connectivity index (χ2v) is 4.00. The van der Waals surface area contributed by atoms with Gasteiger partial charge in [-0.3, -0.25) is 9.59 Å². The van der Waals surface area contributed by atoms with Crippen LogP contribution in [0.1, 0.15) is 12.0 Å². The predicted octanol–water partition coefficient (Wildman–Crippen LogP) is 0.626. The van der Waals surface area contributed by atoms with Gasteiger partial charge in [0.1, 0.15) is 12.6 Å². The number of benzene rings is 1. The van der Waals surface area contributed by atoms with E-state index < -0.39 is 30.3 Å². The van der Waals surface area contributed by atoms with E-state index in [0.29, 0.717) is 6.21 Å². The summed E-state index contributed by atoms with van der Waals surface area (Å²) >= 11 is 0. The number of carboxylic acid groups (broad SMARTS) is 1. The van der Waals surface area contributed by atoms with Gasteiger partial charge in [-0.2, -0.15) is 4.79 Å². The van der Waals surface area contributed by atoms with Crippen LogP contribution in [-0.4, -0.2) is 40.0 Å². The molecule has 1 unspecified atom stereocenters. The molecule has 0 heterocycles. The summed E-state index contributed by atoms with van der Waals surface area (Å²) in [6, 6.07) is 7.47. The van der Waals surface area contributed by atoms with E-state index in [1.807, 2.05) is 0 Å². The number of alkyl carbamates (subject to hydrolysis) is 1. The number of carboxylic acids is 1. The zero-order chi connectivity index (χ0) is 15.7. The molecular weight excluding hydrogens is 278 g/mol. The molecule has 0 saturated heterocycles. The maximum atomic E-state index is 11.5. The molecule has 0 saturated carbocycles. The highest BCUT2D eigenvalue weighted by atomic mass is 16.5. The number of nitrogens with one attached hydrogen (secondary N) is 1. The number of carbonyl (C=O) groups excluding carboxylic acids is 2. The number of Topliss-reactive ketones (excluding diaryl/α,β-unsaturated/α-hetero) is 1. The van der Waals surface area contributed by atoms with Crippen molar-refractivity contribution in [2.75, 3.05) is 0 Å². The summed E-state index contributed by atoms with van der Waals surface area (Å²) in [5.74, 6) is -2.14. The smallest absolute Gasteiger partial charge is 0.408 e. The van der Waals surface area contributed by atoms with Gasteiger partial charge < -0.3 is 20.7 Å². The van der Waals surface area contributed by atoms with Crippen LogP contribution in [0, 0.1) is 0 Å². The van der Waals surface area contributed by atoms with Gasteiger partial charge in [0.2, 0.25) is 0 Å². The third kappa shape index (κ3) is 6.13. The van der Waals surface area contributed by atoms with E-state index in [0.717, 1.165) is 5.56 Å². The van der Waals surface area contributed by atoms with Gasteiger partial charge in [-0.15, -0.1) is 0 Å². The first-order valence-corrected chi connectivity index (χ1v) is 5.93. The van der Waals surface area contributed by atoms with Crippen molar-refractivity contribution in [3.8, 4) is 0 Å². The number of hydrogen-bond acceptors (Lipinski definition) is 4. The molecule has 1 atom stereocenters. The Kier molecular flexibility index (Phi) is 6.30. The lowest BCUT2D eigenvalue weighted by molar-refractivity contribution is -0.139. The largest absolute Gasteiger partial charge is 0.481 e. The van der Waals surface area contributed by atoms with Crippen molar-refractivity contribution >= 4 is 24.1 Å². The molecule has 110 valence electrons. The average Bonchev–Trinajstić information content (AvgIpc) is 2.45. The Morgan fingerprint density at radius 1 is 1.33 bits per heavy atom. The Bertz CT molecular complexity index is 566. The van der Waals surface area contributed by atoms with Gasteiger partial charge in [-0.05, 0) is 5.56 Å². The molecule has 1 rings (SSSR count). The summed E-state index contributed by atoms with van der Waals surface area (Å²) in [6.07, 6.45) is -1.07. The molecule has 0 aromatic heterocycles. The van der Waals surface area contributed by atoms with Gasteiger partial charge in [0.15, 0.2) is 0 Å². The van der Waals surface area contributed by atoms with Crippen molar-refractivity contribution in [2.24, 2.45) is 0 Å². The molecule has 0 spiro atoms. The van der Waals surface area contributed by atoms with Crippen molar-refractivity contribution in [2.45, 2.75) is 19.1 Å². The van der Waals surface area contributed by atoms with Crippen molar-refractivity contribution < 1.29 is 29.0 Å². The molecule has 0 bridgehead atoms. The van der Waals surface area contributed by atoms with Crippen LogP contribution in [-0.2, 0) is 20.9 Å². The van der Waals surface area contributed by atoms with Crippen LogP contribution in [0.25, 0.3) is 5.53 Å². The Labute approximate surface area is 120 Å². The van der Waals surface area contributed by atoms with E-state index in [1.54, 1.807) is 30.3 Å². The molecular formula is C13H13N3O5. The Hall–Kier alpha value is -2.99. The molecule has 0 aliphatic carbocycles. The highest BCUT2D eigenvalue weighted by molar-refractivity contribution is 6.28. The number of amides is 1. The molecule has 0 aliphatic heterocycles. The first-order valence-electron chi connectivity index (χ1n) is 5.93. The number of ether oxygens (including phenoxy) is 1. The predicted molar refractivity (Wildman–Crippen MR) is 70.5 cm³/mol. The Morgan fingerprint density at radius 2 is 2.00 bits per heavy atom. The molecule has 0 fully saturated rings. The zero-order valence-corrected chi connectivity index (χ0v) is 10.9. The number of rotatable bonds is 7. The second-order valence-electron chi connectivity index (χ2n) is 4.00. The van der Waals surface area contributed by atoms with Crippen LogP contribution < -0.4 is 5.32 Å². The first-order chi connectivity index (χ1) is 10.0. The normalized spacial score (nSPS) is 10.9. The van der Waals surface area contributed by atoms with Crippen LogP contribution in [0.15, 0.2) is 30.3 Å². The first kappa shape index (κ1) is 16.1. The third-order valence-electron chi connectivity index (χ3n) is 2.41. The number of nitrogens with zero attached hydrogens (tertiary/aromatic N) is 2. The molecule has 2 N–H and O–H groups in total. The van der Waals surface area contributed by atoms with Crippen LogP contribution in [0.2, 0.25) is 0 Å². The zero-order valence-electron chi connectivity index (χ0n) is 10.9. The fourth-order valence-corrected chi connectivity index (χ4v) is 1.45. The van der Waals surface area contributed by atoms with Crippen molar-refractivity contribution in [3.05, 3.63) is 41.4 Å². The molecule has 1 aromatic carbocycles. The standard InChI is InChI=1S/C13H13N3O5/c14-15-7-11(17)10(6-12(18)19)16-13(20)21-8-9-4-2-1-3-5-9/h1-5,7,10H,6,8H2,(H,16,20)(H,18,19). The lowest BCUT2D eigenvalue weighted by atomic mass is 10.1. The third-order valence-corrected chi connectivity index (χ3v) is 2.41. The SMILES string of the molecule is [N-]=[N+]=CC(=O)C(CC(=O)O)NC(=O)OCc1ccccc1. The van der Waals surface area contributed by atoms with Gasteiger partial charge in [0.25, 0.3) is 5.78 Å². The van der Waals surface area contributed by atoms with Crippen molar-refractivity contribution in [1.29, 1.82) is 0 Å². The summed E-state index contributed by atoms with van der Waals surface area (Å²) in [7, 11) is 0. The van der Waals surface area contributed by atoms with Crippen LogP contribution in [0.3, 0.4) is 0 Å². The number of aliphatic carboxylic acids is 1. The molecule has 0 radical (unpaired) electrons. The van der Waals surface area contributed by atoms with E-state index in [-0.39, 0.29) is 6.61 Å². The Morgan fingerprint density at radius 3 is 2.57 bits per heavy atom. The number of hydrogen-bond donors (Lipinski definition) is 2. The van der Waals surface area contributed by atoms with Crippen LogP contribution >= 0.6 is 0 Å². The summed E-state index contributed by atoms with van der Waals surface area (Å²) in [4.78, 5) is 36.1. The summed E-state index contributed by atoms with van der Waals surface area (Å²) in [6.45, 7) is -0.0191. The molecule has 1 amide bonds. The van der Waals surface area contributed by atoms with Gasteiger partial charge in [0.05, 0.1) is 6.42 Å².